The highest BCUT2D eigenvalue weighted by atomic mass is 16.5. The molecule has 0 amide bonds. The SMILES string of the molecule is COC1CCCC(Nc2cccc3c2CCCC3)C1. The van der Waals surface area contributed by atoms with E-state index in [-0.39, 0.29) is 0 Å². The Hall–Kier alpha value is -1.02. The van der Waals surface area contributed by atoms with Crippen molar-refractivity contribution < 1.29 is 4.74 Å². The highest BCUT2D eigenvalue weighted by molar-refractivity contribution is 5.56. The standard InChI is InChI=1S/C17H25NO/c1-19-15-9-5-8-14(12-15)18-17-11-4-7-13-6-2-3-10-16(13)17/h4,7,11,14-15,18H,2-3,5-6,8-10,12H2,1H3. The number of methoxy groups -OCH3 is 1. The lowest BCUT2D eigenvalue weighted by atomic mass is 9.89. The molecule has 0 heterocycles. The minimum Gasteiger partial charge on any atom is -0.382 e. The van der Waals surface area contributed by atoms with Gasteiger partial charge in [0.1, 0.15) is 0 Å². The Morgan fingerprint density at radius 1 is 1.11 bits per heavy atom. The van der Waals surface area contributed by atoms with E-state index in [0.29, 0.717) is 12.1 Å². The molecule has 1 fully saturated rings. The molecule has 1 N–H and O–H groups in total. The first kappa shape index (κ1) is 13.0. The number of aryl methyl sites for hydroxylation is 1. The zero-order chi connectivity index (χ0) is 13.1. The lowest BCUT2D eigenvalue weighted by molar-refractivity contribution is 0.0669. The first-order chi connectivity index (χ1) is 9.36. The molecule has 2 aliphatic carbocycles. The number of fused-ring (bicyclic) bond motifs is 1. The van der Waals surface area contributed by atoms with Gasteiger partial charge in [0, 0.05) is 18.8 Å². The highest BCUT2D eigenvalue weighted by Crippen LogP contribution is 2.30. The molecule has 104 valence electrons. The van der Waals surface area contributed by atoms with Gasteiger partial charge in [-0.2, -0.15) is 0 Å². The third kappa shape index (κ3) is 2.94. The summed E-state index contributed by atoms with van der Waals surface area (Å²) < 4.78 is 5.53. The monoisotopic (exact) mass is 259 g/mol. The lowest BCUT2D eigenvalue weighted by Gasteiger charge is -2.31. The molecule has 2 unspecified atom stereocenters. The summed E-state index contributed by atoms with van der Waals surface area (Å²) in [5.74, 6) is 0. The minimum absolute atomic E-state index is 0.450. The van der Waals surface area contributed by atoms with Crippen LogP contribution in [0.15, 0.2) is 18.2 Å². The van der Waals surface area contributed by atoms with E-state index in [1.54, 1.807) is 11.1 Å². The number of anilines is 1. The van der Waals surface area contributed by atoms with Crippen molar-refractivity contribution in [1.82, 2.24) is 0 Å². The van der Waals surface area contributed by atoms with Crippen LogP contribution in [-0.2, 0) is 17.6 Å². The summed E-state index contributed by atoms with van der Waals surface area (Å²) in [5.41, 5.74) is 4.53. The minimum atomic E-state index is 0.450. The van der Waals surface area contributed by atoms with Gasteiger partial charge in [-0.3, -0.25) is 0 Å². The van der Waals surface area contributed by atoms with Gasteiger partial charge in [0.25, 0.3) is 0 Å². The summed E-state index contributed by atoms with van der Waals surface area (Å²) in [6.45, 7) is 0. The Bertz CT molecular complexity index is 429. The van der Waals surface area contributed by atoms with Crippen molar-refractivity contribution in [2.75, 3.05) is 12.4 Å². The fourth-order valence-electron chi connectivity index (χ4n) is 3.63. The van der Waals surface area contributed by atoms with Crippen LogP contribution in [0.1, 0.15) is 49.7 Å². The lowest BCUT2D eigenvalue weighted by Crippen LogP contribution is -2.31. The molecule has 0 aromatic heterocycles. The second-order valence-electron chi connectivity index (χ2n) is 6.02. The third-order valence-electron chi connectivity index (χ3n) is 4.71. The van der Waals surface area contributed by atoms with Crippen molar-refractivity contribution in [3.8, 4) is 0 Å². The van der Waals surface area contributed by atoms with Crippen LogP contribution in [0.5, 0.6) is 0 Å². The van der Waals surface area contributed by atoms with Crippen LogP contribution in [-0.4, -0.2) is 19.3 Å². The Kier molecular flexibility index (Phi) is 4.07. The van der Waals surface area contributed by atoms with Gasteiger partial charge in [-0.05, 0) is 68.6 Å². The topological polar surface area (TPSA) is 21.3 Å². The van der Waals surface area contributed by atoms with Crippen molar-refractivity contribution in [2.45, 2.75) is 63.5 Å². The molecule has 0 radical (unpaired) electrons. The Balaban J connectivity index is 1.72. The van der Waals surface area contributed by atoms with Crippen LogP contribution in [0.3, 0.4) is 0 Å². The molecule has 1 aromatic carbocycles. The fourth-order valence-corrected chi connectivity index (χ4v) is 3.63. The maximum Gasteiger partial charge on any atom is 0.0590 e. The predicted octanol–water partition coefficient (Wildman–Crippen LogP) is 3.93. The van der Waals surface area contributed by atoms with Gasteiger partial charge in [-0.1, -0.05) is 12.1 Å². The maximum absolute atomic E-state index is 5.53. The second-order valence-corrected chi connectivity index (χ2v) is 6.02. The summed E-state index contributed by atoms with van der Waals surface area (Å²) in [5, 5.41) is 3.79. The number of benzene rings is 1. The van der Waals surface area contributed by atoms with Crippen molar-refractivity contribution in [3.63, 3.8) is 0 Å². The van der Waals surface area contributed by atoms with Gasteiger partial charge < -0.3 is 10.1 Å². The summed E-state index contributed by atoms with van der Waals surface area (Å²) in [7, 11) is 1.84. The van der Waals surface area contributed by atoms with Crippen LogP contribution in [0.25, 0.3) is 0 Å². The Morgan fingerprint density at radius 3 is 2.89 bits per heavy atom. The van der Waals surface area contributed by atoms with Gasteiger partial charge in [0.2, 0.25) is 0 Å². The van der Waals surface area contributed by atoms with E-state index in [9.17, 15) is 0 Å². The number of hydrogen-bond acceptors (Lipinski definition) is 2. The van der Waals surface area contributed by atoms with E-state index in [1.807, 2.05) is 7.11 Å². The fraction of sp³-hybridized carbons (Fsp3) is 0.647. The van der Waals surface area contributed by atoms with E-state index in [2.05, 4.69) is 23.5 Å². The molecule has 2 aliphatic rings. The van der Waals surface area contributed by atoms with E-state index >= 15 is 0 Å². The van der Waals surface area contributed by atoms with Crippen LogP contribution in [0.2, 0.25) is 0 Å². The average Bonchev–Trinajstić information content (AvgIpc) is 2.48. The van der Waals surface area contributed by atoms with Crippen LogP contribution < -0.4 is 5.32 Å². The molecular formula is C17H25NO. The highest BCUT2D eigenvalue weighted by Gasteiger charge is 2.22. The molecule has 0 spiro atoms. The van der Waals surface area contributed by atoms with Gasteiger partial charge in [-0.15, -0.1) is 0 Å². The number of rotatable bonds is 3. The van der Waals surface area contributed by atoms with Gasteiger partial charge in [0.05, 0.1) is 6.10 Å². The van der Waals surface area contributed by atoms with Crippen LogP contribution in [0, 0.1) is 0 Å². The summed E-state index contributed by atoms with van der Waals surface area (Å²) >= 11 is 0. The first-order valence-corrected chi connectivity index (χ1v) is 7.77. The Morgan fingerprint density at radius 2 is 2.00 bits per heavy atom. The first-order valence-electron chi connectivity index (χ1n) is 7.77. The number of ether oxygens (including phenoxy) is 1. The van der Waals surface area contributed by atoms with Gasteiger partial charge in [-0.25, -0.2) is 0 Å². The number of nitrogens with one attached hydrogen (secondary N) is 1. The number of hydrogen-bond donors (Lipinski definition) is 1. The predicted molar refractivity (Wildman–Crippen MR) is 79.8 cm³/mol. The van der Waals surface area contributed by atoms with E-state index in [1.165, 1.54) is 50.6 Å². The summed E-state index contributed by atoms with van der Waals surface area (Å²) in [4.78, 5) is 0. The van der Waals surface area contributed by atoms with E-state index in [0.717, 1.165) is 6.42 Å². The van der Waals surface area contributed by atoms with Gasteiger partial charge >= 0.3 is 0 Å². The molecular weight excluding hydrogens is 234 g/mol. The molecule has 1 saturated carbocycles. The summed E-state index contributed by atoms with van der Waals surface area (Å²) in [6.07, 6.45) is 10.6. The van der Waals surface area contributed by atoms with Crippen LogP contribution >= 0.6 is 0 Å². The smallest absolute Gasteiger partial charge is 0.0590 e. The quantitative estimate of drug-likeness (QED) is 0.888. The molecule has 2 atom stereocenters. The third-order valence-corrected chi connectivity index (χ3v) is 4.71. The van der Waals surface area contributed by atoms with Crippen molar-refractivity contribution in [2.24, 2.45) is 0 Å². The van der Waals surface area contributed by atoms with E-state index < -0.39 is 0 Å². The zero-order valence-electron chi connectivity index (χ0n) is 12.0. The average molecular weight is 259 g/mol. The molecule has 1 aromatic rings. The zero-order valence-corrected chi connectivity index (χ0v) is 12.0. The molecule has 2 heteroatoms. The largest absolute Gasteiger partial charge is 0.382 e. The second kappa shape index (κ2) is 5.96. The Labute approximate surface area is 116 Å². The van der Waals surface area contributed by atoms with Crippen molar-refractivity contribution in [1.29, 1.82) is 0 Å². The molecule has 0 saturated heterocycles. The molecule has 19 heavy (non-hydrogen) atoms. The summed E-state index contributed by atoms with van der Waals surface area (Å²) in [6, 6.07) is 7.37. The van der Waals surface area contributed by atoms with E-state index in [4.69, 9.17) is 4.74 Å². The van der Waals surface area contributed by atoms with Gasteiger partial charge in [0.15, 0.2) is 0 Å². The molecule has 0 aliphatic heterocycles. The maximum atomic E-state index is 5.53. The molecule has 2 nitrogen and oxygen atoms in total. The van der Waals surface area contributed by atoms with Crippen molar-refractivity contribution >= 4 is 5.69 Å². The molecule has 3 rings (SSSR count). The van der Waals surface area contributed by atoms with Crippen molar-refractivity contribution in [3.05, 3.63) is 29.3 Å². The van der Waals surface area contributed by atoms with Crippen LogP contribution in [0.4, 0.5) is 5.69 Å². The molecule has 0 bridgehead atoms. The normalized spacial score (nSPS) is 26.8.